The number of hydrogen-bond donors (Lipinski definition) is 1. The number of ether oxygens (including phenoxy) is 2. The Morgan fingerprint density at radius 1 is 1.26 bits per heavy atom. The highest BCUT2D eigenvalue weighted by atomic mass is 19.3. The smallest absolute Gasteiger partial charge is 0.260 e. The normalized spacial score (nSPS) is 14.3. The third-order valence-corrected chi connectivity index (χ3v) is 3.15. The molecule has 1 N–H and O–H groups in total. The summed E-state index contributed by atoms with van der Waals surface area (Å²) >= 11 is 0. The van der Waals surface area contributed by atoms with Crippen LogP contribution in [-0.2, 0) is 5.54 Å². The van der Waals surface area contributed by atoms with Crippen LogP contribution in [0.25, 0.3) is 0 Å². The molecule has 0 fully saturated rings. The Morgan fingerprint density at radius 3 is 2.42 bits per heavy atom. The van der Waals surface area contributed by atoms with Gasteiger partial charge < -0.3 is 14.8 Å². The van der Waals surface area contributed by atoms with Crippen molar-refractivity contribution in [3.05, 3.63) is 23.8 Å². The summed E-state index contributed by atoms with van der Waals surface area (Å²) in [7, 11) is 2.99. The third-order valence-electron chi connectivity index (χ3n) is 3.15. The van der Waals surface area contributed by atoms with Gasteiger partial charge in [-0.3, -0.25) is 0 Å². The number of alkyl halides is 2. The summed E-state index contributed by atoms with van der Waals surface area (Å²) in [6.45, 7) is 3.93. The zero-order valence-electron chi connectivity index (χ0n) is 11.8. The van der Waals surface area contributed by atoms with Gasteiger partial charge in [0.2, 0.25) is 0 Å². The number of halogens is 2. The number of nitrogens with one attached hydrogen (secondary N) is 1. The molecule has 0 aliphatic rings. The highest BCUT2D eigenvalue weighted by Crippen LogP contribution is 2.36. The molecule has 0 spiro atoms. The summed E-state index contributed by atoms with van der Waals surface area (Å²) in [6, 6.07) is 4.89. The van der Waals surface area contributed by atoms with Gasteiger partial charge in [-0.25, -0.2) is 8.78 Å². The van der Waals surface area contributed by atoms with Crippen LogP contribution in [0.5, 0.6) is 11.5 Å². The Bertz CT molecular complexity index is 412. The molecule has 1 aromatic rings. The minimum absolute atomic E-state index is 0.394. The number of benzene rings is 1. The maximum Gasteiger partial charge on any atom is 0.260 e. The van der Waals surface area contributed by atoms with E-state index in [4.69, 9.17) is 9.47 Å². The van der Waals surface area contributed by atoms with E-state index in [-0.39, 0.29) is 0 Å². The van der Waals surface area contributed by atoms with Crippen LogP contribution in [0.3, 0.4) is 0 Å². The van der Waals surface area contributed by atoms with Crippen molar-refractivity contribution in [3.63, 3.8) is 0 Å². The Balaban J connectivity index is 3.22. The van der Waals surface area contributed by atoms with Crippen molar-refractivity contribution in [3.8, 4) is 11.5 Å². The molecule has 0 heterocycles. The van der Waals surface area contributed by atoms with E-state index in [0.29, 0.717) is 23.6 Å². The van der Waals surface area contributed by atoms with Gasteiger partial charge in [0.1, 0.15) is 17.0 Å². The predicted octanol–water partition coefficient (Wildman–Crippen LogP) is 3.18. The molecule has 0 aliphatic heterocycles. The zero-order valence-corrected chi connectivity index (χ0v) is 11.8. The maximum atomic E-state index is 13.4. The second kappa shape index (κ2) is 6.70. The molecule has 0 aliphatic carbocycles. The SMILES string of the molecule is CCCNC(C)(c1ccc(OC)cc1OC)C(F)F. The molecule has 1 aromatic carbocycles. The molecule has 0 bridgehead atoms. The largest absolute Gasteiger partial charge is 0.497 e. The molecule has 3 nitrogen and oxygen atoms in total. The lowest BCUT2D eigenvalue weighted by atomic mass is 9.91. The fraction of sp³-hybridized carbons (Fsp3) is 0.571. The third kappa shape index (κ3) is 3.35. The van der Waals surface area contributed by atoms with E-state index in [1.54, 1.807) is 18.2 Å². The molecular weight excluding hydrogens is 252 g/mol. The van der Waals surface area contributed by atoms with Gasteiger partial charge in [-0.15, -0.1) is 0 Å². The summed E-state index contributed by atoms with van der Waals surface area (Å²) in [5, 5.41) is 2.90. The molecule has 0 aromatic heterocycles. The maximum absolute atomic E-state index is 13.4. The van der Waals surface area contributed by atoms with Gasteiger partial charge in [-0.2, -0.15) is 0 Å². The first-order valence-corrected chi connectivity index (χ1v) is 6.25. The van der Waals surface area contributed by atoms with Gasteiger partial charge in [-0.1, -0.05) is 6.92 Å². The molecule has 0 radical (unpaired) electrons. The van der Waals surface area contributed by atoms with Crippen LogP contribution in [-0.4, -0.2) is 27.2 Å². The van der Waals surface area contributed by atoms with Crippen LogP contribution < -0.4 is 14.8 Å². The quantitative estimate of drug-likeness (QED) is 0.827. The van der Waals surface area contributed by atoms with E-state index in [0.717, 1.165) is 6.42 Å². The van der Waals surface area contributed by atoms with Gasteiger partial charge in [0.25, 0.3) is 6.43 Å². The first-order chi connectivity index (χ1) is 8.99. The summed E-state index contributed by atoms with van der Waals surface area (Å²) in [6.07, 6.45) is -1.76. The van der Waals surface area contributed by atoms with E-state index in [1.807, 2.05) is 6.92 Å². The summed E-state index contributed by atoms with van der Waals surface area (Å²) in [5.41, 5.74) is -1.01. The lowest BCUT2D eigenvalue weighted by molar-refractivity contribution is 0.0370. The summed E-state index contributed by atoms with van der Waals surface area (Å²) < 4.78 is 37.2. The first-order valence-electron chi connectivity index (χ1n) is 6.25. The first kappa shape index (κ1) is 15.7. The predicted molar refractivity (Wildman–Crippen MR) is 71.2 cm³/mol. The highest BCUT2D eigenvalue weighted by Gasteiger charge is 2.38. The van der Waals surface area contributed by atoms with Crippen molar-refractivity contribution in [2.24, 2.45) is 0 Å². The average molecular weight is 273 g/mol. The standard InChI is InChI=1S/C14H21F2NO2/c1-5-8-17-14(2,13(15)16)11-7-6-10(18-3)9-12(11)19-4/h6-7,9,13,17H,5,8H2,1-4H3. The van der Waals surface area contributed by atoms with E-state index in [9.17, 15) is 8.78 Å². The molecule has 5 heteroatoms. The number of rotatable bonds is 7. The van der Waals surface area contributed by atoms with Gasteiger partial charge in [0, 0.05) is 11.6 Å². The van der Waals surface area contributed by atoms with Crippen LogP contribution in [0.15, 0.2) is 18.2 Å². The van der Waals surface area contributed by atoms with Crippen LogP contribution in [0.1, 0.15) is 25.8 Å². The summed E-state index contributed by atoms with van der Waals surface area (Å²) in [5.74, 6) is 0.971. The lowest BCUT2D eigenvalue weighted by Crippen LogP contribution is -2.46. The molecule has 1 rings (SSSR count). The van der Waals surface area contributed by atoms with Gasteiger partial charge >= 0.3 is 0 Å². The molecule has 0 saturated heterocycles. The monoisotopic (exact) mass is 273 g/mol. The highest BCUT2D eigenvalue weighted by molar-refractivity contribution is 5.45. The number of hydrogen-bond acceptors (Lipinski definition) is 3. The Kier molecular flexibility index (Phi) is 5.54. The Hall–Kier alpha value is -1.36. The van der Waals surface area contributed by atoms with Crippen LogP contribution in [0, 0.1) is 0 Å². The zero-order chi connectivity index (χ0) is 14.5. The van der Waals surface area contributed by atoms with Crippen molar-refractivity contribution in [2.45, 2.75) is 32.2 Å². The van der Waals surface area contributed by atoms with Crippen LogP contribution in [0.2, 0.25) is 0 Å². The number of methoxy groups -OCH3 is 2. The van der Waals surface area contributed by atoms with Gasteiger partial charge in [-0.05, 0) is 32.0 Å². The molecule has 1 atom stereocenters. The molecule has 0 saturated carbocycles. The van der Waals surface area contributed by atoms with Crippen molar-refractivity contribution in [2.75, 3.05) is 20.8 Å². The molecular formula is C14H21F2NO2. The van der Waals surface area contributed by atoms with Crippen molar-refractivity contribution in [1.82, 2.24) is 5.32 Å². The molecule has 19 heavy (non-hydrogen) atoms. The lowest BCUT2D eigenvalue weighted by Gasteiger charge is -2.32. The van der Waals surface area contributed by atoms with E-state index >= 15 is 0 Å². The Morgan fingerprint density at radius 2 is 1.95 bits per heavy atom. The van der Waals surface area contributed by atoms with Crippen LogP contribution >= 0.6 is 0 Å². The van der Waals surface area contributed by atoms with Crippen molar-refractivity contribution < 1.29 is 18.3 Å². The van der Waals surface area contributed by atoms with Gasteiger partial charge in [0.05, 0.1) is 14.2 Å². The molecule has 108 valence electrons. The van der Waals surface area contributed by atoms with Crippen LogP contribution in [0.4, 0.5) is 8.78 Å². The Labute approximate surface area is 112 Å². The second-order valence-electron chi connectivity index (χ2n) is 4.50. The van der Waals surface area contributed by atoms with Gasteiger partial charge in [0.15, 0.2) is 0 Å². The fourth-order valence-electron chi connectivity index (χ4n) is 1.90. The van der Waals surface area contributed by atoms with Crippen molar-refractivity contribution in [1.29, 1.82) is 0 Å². The topological polar surface area (TPSA) is 30.5 Å². The van der Waals surface area contributed by atoms with E-state index < -0.39 is 12.0 Å². The second-order valence-corrected chi connectivity index (χ2v) is 4.50. The van der Waals surface area contributed by atoms with Crippen molar-refractivity contribution >= 4 is 0 Å². The average Bonchev–Trinajstić information content (AvgIpc) is 2.43. The minimum atomic E-state index is -2.54. The molecule has 0 amide bonds. The fourth-order valence-corrected chi connectivity index (χ4v) is 1.90. The minimum Gasteiger partial charge on any atom is -0.497 e. The summed E-state index contributed by atoms with van der Waals surface area (Å²) in [4.78, 5) is 0. The van der Waals surface area contributed by atoms with E-state index in [1.165, 1.54) is 21.1 Å². The molecule has 1 unspecified atom stereocenters. The van der Waals surface area contributed by atoms with E-state index in [2.05, 4.69) is 5.32 Å².